The van der Waals surface area contributed by atoms with Crippen LogP contribution in [-0.2, 0) is 16.1 Å². The van der Waals surface area contributed by atoms with Crippen LogP contribution in [0.1, 0.15) is 26.2 Å². The summed E-state index contributed by atoms with van der Waals surface area (Å²) in [6.45, 7) is 3.26. The first-order valence-electron chi connectivity index (χ1n) is 8.37. The van der Waals surface area contributed by atoms with E-state index in [1.807, 2.05) is 41.2 Å². The van der Waals surface area contributed by atoms with E-state index in [9.17, 15) is 4.79 Å². The fourth-order valence-electron chi connectivity index (χ4n) is 2.69. The second kappa shape index (κ2) is 7.97. The van der Waals surface area contributed by atoms with Crippen molar-refractivity contribution in [2.75, 3.05) is 11.9 Å². The molecule has 1 aromatic heterocycles. The number of carbonyl (C=O) groups excluding carboxylic acids is 1. The van der Waals surface area contributed by atoms with Gasteiger partial charge >= 0.3 is 0 Å². The van der Waals surface area contributed by atoms with Gasteiger partial charge in [-0.3, -0.25) is 9.48 Å². The molecule has 0 spiro atoms. The number of ether oxygens (including phenoxy) is 2. The number of nitrogens with zero attached hydrogens (tertiary/aromatic N) is 2. The highest BCUT2D eigenvalue weighted by Gasteiger charge is 2.17. The second-order valence-electron chi connectivity index (χ2n) is 6.00. The van der Waals surface area contributed by atoms with Crippen LogP contribution >= 0.6 is 0 Å². The van der Waals surface area contributed by atoms with Crippen LogP contribution in [0.3, 0.4) is 0 Å². The van der Waals surface area contributed by atoms with Crippen LogP contribution < -0.4 is 10.1 Å². The Bertz CT molecular complexity index is 651. The largest absolute Gasteiger partial charge is 0.481 e. The zero-order valence-electron chi connectivity index (χ0n) is 13.9. The maximum absolute atomic E-state index is 12.2. The summed E-state index contributed by atoms with van der Waals surface area (Å²) in [7, 11) is 0. The molecule has 0 saturated carbocycles. The topological polar surface area (TPSA) is 65.4 Å². The molecule has 6 nitrogen and oxygen atoms in total. The SMILES string of the molecule is C[C@@H](Oc1ccccc1)C(=O)Nc1cnn(C[C@H]2CCCCO2)c1. The molecule has 128 valence electrons. The molecule has 3 rings (SSSR count). The number of carbonyl (C=O) groups is 1. The van der Waals surface area contributed by atoms with Gasteiger partial charge in [0, 0.05) is 12.8 Å². The number of para-hydroxylation sites is 1. The van der Waals surface area contributed by atoms with Crippen LogP contribution in [0, 0.1) is 0 Å². The highest BCUT2D eigenvalue weighted by atomic mass is 16.5. The number of aromatic nitrogens is 2. The Morgan fingerprint density at radius 3 is 3.00 bits per heavy atom. The Balaban J connectivity index is 1.51. The van der Waals surface area contributed by atoms with E-state index in [-0.39, 0.29) is 12.0 Å². The molecule has 0 bridgehead atoms. The summed E-state index contributed by atoms with van der Waals surface area (Å²) < 4.78 is 13.1. The third-order valence-electron chi connectivity index (χ3n) is 3.99. The normalized spacial score (nSPS) is 18.8. The van der Waals surface area contributed by atoms with Crippen LogP contribution in [0.2, 0.25) is 0 Å². The van der Waals surface area contributed by atoms with Crippen molar-refractivity contribution in [3.63, 3.8) is 0 Å². The van der Waals surface area contributed by atoms with Crippen molar-refractivity contribution < 1.29 is 14.3 Å². The molecular formula is C18H23N3O3. The van der Waals surface area contributed by atoms with Crippen LogP contribution in [0.15, 0.2) is 42.7 Å². The number of hydrogen-bond acceptors (Lipinski definition) is 4. The van der Waals surface area contributed by atoms with Crippen LogP contribution in [0.5, 0.6) is 5.75 Å². The smallest absolute Gasteiger partial charge is 0.265 e. The van der Waals surface area contributed by atoms with E-state index in [0.29, 0.717) is 18.0 Å². The average Bonchev–Trinajstić information content (AvgIpc) is 3.03. The van der Waals surface area contributed by atoms with Crippen molar-refractivity contribution in [3.8, 4) is 5.75 Å². The zero-order valence-corrected chi connectivity index (χ0v) is 13.9. The number of benzene rings is 1. The fraction of sp³-hybridized carbons (Fsp3) is 0.444. The van der Waals surface area contributed by atoms with Gasteiger partial charge in [0.1, 0.15) is 5.75 Å². The number of rotatable bonds is 6. The molecule has 1 saturated heterocycles. The molecule has 2 atom stereocenters. The molecule has 0 radical (unpaired) electrons. The molecule has 0 unspecified atom stereocenters. The fourth-order valence-corrected chi connectivity index (χ4v) is 2.69. The molecule has 2 heterocycles. The van der Waals surface area contributed by atoms with Crippen molar-refractivity contribution in [3.05, 3.63) is 42.7 Å². The number of hydrogen-bond donors (Lipinski definition) is 1. The van der Waals surface area contributed by atoms with Gasteiger partial charge in [-0.2, -0.15) is 5.10 Å². The van der Waals surface area contributed by atoms with Crippen LogP contribution in [-0.4, -0.2) is 34.5 Å². The van der Waals surface area contributed by atoms with Gasteiger partial charge in [0.2, 0.25) is 0 Å². The number of nitrogens with one attached hydrogen (secondary N) is 1. The van der Waals surface area contributed by atoms with Gasteiger partial charge in [-0.25, -0.2) is 0 Å². The summed E-state index contributed by atoms with van der Waals surface area (Å²) in [4.78, 5) is 12.2. The third kappa shape index (κ3) is 4.58. The average molecular weight is 329 g/mol. The minimum Gasteiger partial charge on any atom is -0.481 e. The predicted molar refractivity (Wildman–Crippen MR) is 91.0 cm³/mol. The minimum absolute atomic E-state index is 0.202. The first kappa shape index (κ1) is 16.5. The van der Waals surface area contributed by atoms with E-state index >= 15 is 0 Å². The molecule has 1 N–H and O–H groups in total. The first-order valence-corrected chi connectivity index (χ1v) is 8.37. The zero-order chi connectivity index (χ0) is 16.8. The van der Waals surface area contributed by atoms with Gasteiger partial charge in [0.25, 0.3) is 5.91 Å². The Kier molecular flexibility index (Phi) is 5.48. The molecule has 0 aliphatic carbocycles. The third-order valence-corrected chi connectivity index (χ3v) is 3.99. The van der Waals surface area contributed by atoms with Gasteiger partial charge < -0.3 is 14.8 Å². The van der Waals surface area contributed by atoms with E-state index in [1.54, 1.807) is 13.1 Å². The summed E-state index contributed by atoms with van der Waals surface area (Å²) in [5.41, 5.74) is 0.666. The molecular weight excluding hydrogens is 306 g/mol. The maximum atomic E-state index is 12.2. The monoisotopic (exact) mass is 329 g/mol. The molecule has 24 heavy (non-hydrogen) atoms. The molecule has 1 aliphatic heterocycles. The van der Waals surface area contributed by atoms with E-state index < -0.39 is 6.10 Å². The van der Waals surface area contributed by atoms with Gasteiger partial charge in [-0.05, 0) is 38.3 Å². The van der Waals surface area contributed by atoms with Gasteiger partial charge in [0.15, 0.2) is 6.10 Å². The number of anilines is 1. The summed E-state index contributed by atoms with van der Waals surface area (Å²) in [5, 5.41) is 7.12. The van der Waals surface area contributed by atoms with Crippen molar-refractivity contribution in [1.82, 2.24) is 9.78 Å². The Morgan fingerprint density at radius 2 is 2.25 bits per heavy atom. The lowest BCUT2D eigenvalue weighted by atomic mass is 10.1. The van der Waals surface area contributed by atoms with E-state index in [4.69, 9.17) is 9.47 Å². The maximum Gasteiger partial charge on any atom is 0.265 e. The molecule has 1 aromatic carbocycles. The van der Waals surface area contributed by atoms with Gasteiger partial charge in [-0.1, -0.05) is 18.2 Å². The number of amides is 1. The van der Waals surface area contributed by atoms with Crippen molar-refractivity contribution >= 4 is 11.6 Å². The van der Waals surface area contributed by atoms with Crippen LogP contribution in [0.25, 0.3) is 0 Å². The van der Waals surface area contributed by atoms with E-state index in [0.717, 1.165) is 19.4 Å². The molecule has 1 amide bonds. The lowest BCUT2D eigenvalue weighted by Crippen LogP contribution is -2.30. The van der Waals surface area contributed by atoms with Crippen molar-refractivity contribution in [1.29, 1.82) is 0 Å². The van der Waals surface area contributed by atoms with Crippen LogP contribution in [0.4, 0.5) is 5.69 Å². The molecule has 1 aliphatic rings. The van der Waals surface area contributed by atoms with Crippen molar-refractivity contribution in [2.24, 2.45) is 0 Å². The highest BCUT2D eigenvalue weighted by molar-refractivity contribution is 5.93. The Morgan fingerprint density at radius 1 is 1.42 bits per heavy atom. The molecule has 1 fully saturated rings. The standard InChI is InChI=1S/C18H23N3O3/c1-14(24-16-7-3-2-4-8-16)18(22)20-15-11-19-21(12-15)13-17-9-5-6-10-23-17/h2-4,7-8,11-12,14,17H,5-6,9-10,13H2,1H3,(H,20,22)/t14-,17-/m1/s1. The Hall–Kier alpha value is -2.34. The summed E-state index contributed by atoms with van der Waals surface area (Å²) in [6, 6.07) is 9.30. The Labute approximate surface area is 141 Å². The van der Waals surface area contributed by atoms with E-state index in [2.05, 4.69) is 10.4 Å². The summed E-state index contributed by atoms with van der Waals surface area (Å²) in [5.74, 6) is 0.470. The predicted octanol–water partition coefficient (Wildman–Crippen LogP) is 2.86. The molecule has 2 aromatic rings. The molecule has 6 heteroatoms. The minimum atomic E-state index is -0.586. The summed E-state index contributed by atoms with van der Waals surface area (Å²) >= 11 is 0. The van der Waals surface area contributed by atoms with Gasteiger partial charge in [-0.15, -0.1) is 0 Å². The second-order valence-corrected chi connectivity index (χ2v) is 6.00. The quantitative estimate of drug-likeness (QED) is 0.885. The lowest BCUT2D eigenvalue weighted by Gasteiger charge is -2.22. The van der Waals surface area contributed by atoms with E-state index in [1.165, 1.54) is 6.42 Å². The van der Waals surface area contributed by atoms with Gasteiger partial charge in [0.05, 0.1) is 24.5 Å². The van der Waals surface area contributed by atoms with Crippen molar-refractivity contribution in [2.45, 2.75) is 44.9 Å². The summed E-state index contributed by atoms with van der Waals surface area (Å²) in [6.07, 6.45) is 6.49. The first-order chi connectivity index (χ1) is 11.7. The lowest BCUT2D eigenvalue weighted by molar-refractivity contribution is -0.122. The highest BCUT2D eigenvalue weighted by Crippen LogP contribution is 2.16.